The van der Waals surface area contributed by atoms with E-state index in [9.17, 15) is 0 Å². The van der Waals surface area contributed by atoms with Crippen molar-refractivity contribution in [2.75, 3.05) is 31.5 Å². The second-order valence-electron chi connectivity index (χ2n) is 4.37. The summed E-state index contributed by atoms with van der Waals surface area (Å²) in [6.07, 6.45) is 8.01. The lowest BCUT2D eigenvalue weighted by Crippen LogP contribution is -2.34. The predicted molar refractivity (Wildman–Crippen MR) is 66.7 cm³/mol. The van der Waals surface area contributed by atoms with Gasteiger partial charge in [0.25, 0.3) is 0 Å². The number of aryl methyl sites for hydroxylation is 1. The number of anilines is 1. The zero-order chi connectivity index (χ0) is 11.2. The van der Waals surface area contributed by atoms with Crippen LogP contribution in [0.2, 0.25) is 0 Å². The van der Waals surface area contributed by atoms with Crippen LogP contribution in [0.5, 0.6) is 0 Å². The summed E-state index contributed by atoms with van der Waals surface area (Å²) < 4.78 is 2.14. The number of hydrogen-bond acceptors (Lipinski definition) is 3. The van der Waals surface area contributed by atoms with E-state index < -0.39 is 0 Å². The number of rotatable bonds is 5. The van der Waals surface area contributed by atoms with Crippen LogP contribution in [0.3, 0.4) is 0 Å². The molecule has 0 atom stereocenters. The summed E-state index contributed by atoms with van der Waals surface area (Å²) >= 11 is 0. The minimum absolute atomic E-state index is 0.978. The Morgan fingerprint density at radius 2 is 2.12 bits per heavy atom. The molecule has 0 bridgehead atoms. The van der Waals surface area contributed by atoms with Gasteiger partial charge in [-0.15, -0.1) is 0 Å². The molecule has 16 heavy (non-hydrogen) atoms. The molecule has 1 saturated heterocycles. The molecule has 0 aliphatic carbocycles. The van der Waals surface area contributed by atoms with Gasteiger partial charge in [0.15, 0.2) is 0 Å². The van der Waals surface area contributed by atoms with Crippen molar-refractivity contribution in [1.82, 2.24) is 14.5 Å². The first-order valence-corrected chi connectivity index (χ1v) is 6.37. The highest BCUT2D eigenvalue weighted by Crippen LogP contribution is 2.08. The Labute approximate surface area is 97.7 Å². The van der Waals surface area contributed by atoms with Crippen LogP contribution in [0.1, 0.15) is 26.2 Å². The molecule has 1 aromatic rings. The Hall–Kier alpha value is -1.03. The average molecular weight is 222 g/mol. The summed E-state index contributed by atoms with van der Waals surface area (Å²) in [7, 11) is 0. The fraction of sp³-hybridized carbons (Fsp3) is 0.750. The predicted octanol–water partition coefficient (Wildman–Crippen LogP) is 1.80. The van der Waals surface area contributed by atoms with Gasteiger partial charge in [0.1, 0.15) is 0 Å². The van der Waals surface area contributed by atoms with Gasteiger partial charge >= 0.3 is 0 Å². The lowest BCUT2D eigenvalue weighted by atomic mass is 10.1. The quantitative estimate of drug-likeness (QED) is 0.824. The van der Waals surface area contributed by atoms with Gasteiger partial charge in [-0.2, -0.15) is 0 Å². The Morgan fingerprint density at radius 1 is 1.31 bits per heavy atom. The molecule has 0 radical (unpaired) electrons. The highest BCUT2D eigenvalue weighted by atomic mass is 15.2. The van der Waals surface area contributed by atoms with Crippen LogP contribution < -0.4 is 5.32 Å². The van der Waals surface area contributed by atoms with Crippen LogP contribution in [-0.4, -0.2) is 40.6 Å². The molecule has 90 valence electrons. The monoisotopic (exact) mass is 222 g/mol. The Kier molecular flexibility index (Phi) is 4.22. The molecular weight excluding hydrogens is 200 g/mol. The van der Waals surface area contributed by atoms with Gasteiger partial charge in [-0.05, 0) is 32.9 Å². The Balaban J connectivity index is 1.71. The van der Waals surface area contributed by atoms with Crippen LogP contribution in [0, 0.1) is 0 Å². The number of nitrogens with one attached hydrogen (secondary N) is 1. The van der Waals surface area contributed by atoms with E-state index in [1.165, 1.54) is 32.4 Å². The molecule has 0 aromatic carbocycles. The Morgan fingerprint density at radius 3 is 2.88 bits per heavy atom. The molecule has 1 aromatic heterocycles. The average Bonchev–Trinajstić information content (AvgIpc) is 2.78. The number of aromatic nitrogens is 2. The summed E-state index contributed by atoms with van der Waals surface area (Å²) in [6.45, 7) is 7.78. The van der Waals surface area contributed by atoms with Gasteiger partial charge in [0.05, 0.1) is 0 Å². The largest absolute Gasteiger partial charge is 0.354 e. The molecule has 1 aliphatic rings. The molecule has 4 nitrogen and oxygen atoms in total. The third kappa shape index (κ3) is 2.98. The first-order valence-electron chi connectivity index (χ1n) is 6.37. The maximum atomic E-state index is 4.30. The molecule has 1 aliphatic heterocycles. The van der Waals surface area contributed by atoms with Crippen molar-refractivity contribution in [2.24, 2.45) is 0 Å². The summed E-state index contributed by atoms with van der Waals surface area (Å²) in [5, 5.41) is 3.40. The minimum Gasteiger partial charge on any atom is -0.354 e. The lowest BCUT2D eigenvalue weighted by molar-refractivity contribution is 0.237. The van der Waals surface area contributed by atoms with Crippen LogP contribution in [0.4, 0.5) is 5.95 Å². The fourth-order valence-corrected chi connectivity index (χ4v) is 2.24. The molecule has 4 heteroatoms. The highest BCUT2D eigenvalue weighted by molar-refractivity contribution is 5.25. The van der Waals surface area contributed by atoms with E-state index in [2.05, 4.69) is 26.7 Å². The van der Waals surface area contributed by atoms with Crippen molar-refractivity contribution in [3.63, 3.8) is 0 Å². The molecule has 0 amide bonds. The topological polar surface area (TPSA) is 33.1 Å². The first kappa shape index (κ1) is 11.5. The maximum Gasteiger partial charge on any atom is 0.202 e. The number of hydrogen-bond donors (Lipinski definition) is 1. The van der Waals surface area contributed by atoms with E-state index in [0.29, 0.717) is 0 Å². The fourth-order valence-electron chi connectivity index (χ4n) is 2.24. The summed E-state index contributed by atoms with van der Waals surface area (Å²) in [6, 6.07) is 0. The van der Waals surface area contributed by atoms with Crippen molar-refractivity contribution in [2.45, 2.75) is 32.7 Å². The van der Waals surface area contributed by atoms with Crippen LogP contribution in [-0.2, 0) is 6.54 Å². The van der Waals surface area contributed by atoms with E-state index >= 15 is 0 Å². The van der Waals surface area contributed by atoms with E-state index in [0.717, 1.165) is 25.6 Å². The SMILES string of the molecule is CCn1ccnc1NCCN1CCCCC1. The van der Waals surface area contributed by atoms with Crippen molar-refractivity contribution in [3.05, 3.63) is 12.4 Å². The lowest BCUT2D eigenvalue weighted by Gasteiger charge is -2.26. The summed E-state index contributed by atoms with van der Waals surface area (Å²) in [5.74, 6) is 1.000. The van der Waals surface area contributed by atoms with Crippen molar-refractivity contribution in [3.8, 4) is 0 Å². The van der Waals surface area contributed by atoms with Crippen molar-refractivity contribution < 1.29 is 0 Å². The van der Waals surface area contributed by atoms with Crippen LogP contribution >= 0.6 is 0 Å². The molecule has 0 saturated carbocycles. The molecule has 1 fully saturated rings. The van der Waals surface area contributed by atoms with E-state index in [4.69, 9.17) is 0 Å². The Bertz CT molecular complexity index is 302. The molecule has 2 heterocycles. The maximum absolute atomic E-state index is 4.30. The number of imidazole rings is 1. The molecule has 1 N–H and O–H groups in total. The standard InChI is InChI=1S/C12H22N4/c1-2-16-11-7-14-12(16)13-6-10-15-8-4-3-5-9-15/h7,11H,2-6,8-10H2,1H3,(H,13,14). The smallest absolute Gasteiger partial charge is 0.202 e. The first-order chi connectivity index (χ1) is 7.90. The van der Waals surface area contributed by atoms with Gasteiger partial charge in [-0.3, -0.25) is 0 Å². The molecule has 0 spiro atoms. The van der Waals surface area contributed by atoms with Gasteiger partial charge in [-0.25, -0.2) is 4.98 Å². The zero-order valence-corrected chi connectivity index (χ0v) is 10.2. The van der Waals surface area contributed by atoms with Gasteiger partial charge in [-0.1, -0.05) is 6.42 Å². The zero-order valence-electron chi connectivity index (χ0n) is 10.2. The summed E-state index contributed by atoms with van der Waals surface area (Å²) in [5.41, 5.74) is 0. The summed E-state index contributed by atoms with van der Waals surface area (Å²) in [4.78, 5) is 6.84. The van der Waals surface area contributed by atoms with Crippen molar-refractivity contribution in [1.29, 1.82) is 0 Å². The molecular formula is C12H22N4. The minimum atomic E-state index is 0.978. The number of likely N-dealkylation sites (tertiary alicyclic amines) is 1. The highest BCUT2D eigenvalue weighted by Gasteiger charge is 2.09. The van der Waals surface area contributed by atoms with Crippen LogP contribution in [0.15, 0.2) is 12.4 Å². The van der Waals surface area contributed by atoms with Gasteiger partial charge in [0.2, 0.25) is 5.95 Å². The second-order valence-corrected chi connectivity index (χ2v) is 4.37. The normalized spacial score (nSPS) is 17.6. The van der Waals surface area contributed by atoms with E-state index in [1.807, 2.05) is 12.4 Å². The third-order valence-corrected chi connectivity index (χ3v) is 3.22. The van der Waals surface area contributed by atoms with E-state index in [-0.39, 0.29) is 0 Å². The molecule has 0 unspecified atom stereocenters. The van der Waals surface area contributed by atoms with Crippen molar-refractivity contribution >= 4 is 5.95 Å². The van der Waals surface area contributed by atoms with Gasteiger partial charge in [0, 0.05) is 32.0 Å². The van der Waals surface area contributed by atoms with Crippen LogP contribution in [0.25, 0.3) is 0 Å². The second kappa shape index (κ2) is 5.89. The third-order valence-electron chi connectivity index (χ3n) is 3.22. The molecule has 2 rings (SSSR count). The number of nitrogens with zero attached hydrogens (tertiary/aromatic N) is 3. The number of piperidine rings is 1. The van der Waals surface area contributed by atoms with E-state index in [1.54, 1.807) is 0 Å². The van der Waals surface area contributed by atoms with Gasteiger partial charge < -0.3 is 14.8 Å².